The molecule has 0 heterocycles. The van der Waals surface area contributed by atoms with E-state index in [1.54, 1.807) is 13.0 Å². The van der Waals surface area contributed by atoms with Crippen LogP contribution in [0.4, 0.5) is 13.2 Å². The molecule has 0 aliphatic rings. The van der Waals surface area contributed by atoms with Gasteiger partial charge in [-0.1, -0.05) is 6.07 Å². The minimum absolute atomic E-state index is 0.0278. The van der Waals surface area contributed by atoms with Crippen LogP contribution in [0.15, 0.2) is 21.5 Å². The molecule has 0 fully saturated rings. The Balaban J connectivity index is 2.86. The molecule has 4 nitrogen and oxygen atoms in total. The van der Waals surface area contributed by atoms with Crippen molar-refractivity contribution in [1.82, 2.24) is 4.72 Å². The van der Waals surface area contributed by atoms with E-state index in [9.17, 15) is 21.6 Å². The van der Waals surface area contributed by atoms with Crippen LogP contribution in [0.2, 0.25) is 0 Å². The maximum Gasteiger partial charge on any atom is 0.441 e. The second-order valence-electron chi connectivity index (χ2n) is 4.12. The SMILES string of the molecule is Cc1cc(CN)cc(S(=O)(=O)NCCSC(F)(F)F)c1Br. The molecule has 3 N–H and O–H groups in total. The Bertz CT molecular complexity index is 606. The van der Waals surface area contributed by atoms with Crippen LogP contribution < -0.4 is 10.5 Å². The summed E-state index contributed by atoms with van der Waals surface area (Å²) in [4.78, 5) is -0.0278. The van der Waals surface area contributed by atoms with Gasteiger partial charge in [0.2, 0.25) is 10.0 Å². The highest BCUT2D eigenvalue weighted by molar-refractivity contribution is 9.10. The molecule has 120 valence electrons. The molecule has 0 bridgehead atoms. The molecule has 10 heteroatoms. The summed E-state index contributed by atoms with van der Waals surface area (Å²) in [6.45, 7) is 1.56. The maximum atomic E-state index is 12.1. The van der Waals surface area contributed by atoms with Crippen LogP contribution in [0.5, 0.6) is 0 Å². The summed E-state index contributed by atoms with van der Waals surface area (Å²) in [5, 5.41) is 0. The quantitative estimate of drug-likeness (QED) is 0.712. The second-order valence-corrected chi connectivity index (χ2v) is 7.81. The van der Waals surface area contributed by atoms with Gasteiger partial charge >= 0.3 is 5.51 Å². The lowest BCUT2D eigenvalue weighted by Crippen LogP contribution is -2.27. The van der Waals surface area contributed by atoms with Crippen molar-refractivity contribution in [1.29, 1.82) is 0 Å². The maximum absolute atomic E-state index is 12.1. The van der Waals surface area contributed by atoms with Crippen LogP contribution in [0.25, 0.3) is 0 Å². The topological polar surface area (TPSA) is 72.2 Å². The van der Waals surface area contributed by atoms with Crippen LogP contribution in [0.3, 0.4) is 0 Å². The molecule has 0 amide bonds. The Morgan fingerprint density at radius 1 is 1.38 bits per heavy atom. The van der Waals surface area contributed by atoms with Crippen LogP contribution in [0, 0.1) is 6.92 Å². The number of benzene rings is 1. The summed E-state index contributed by atoms with van der Waals surface area (Å²) >= 11 is 2.90. The monoisotopic (exact) mass is 406 g/mol. The smallest absolute Gasteiger partial charge is 0.326 e. The number of halogens is 4. The molecule has 0 radical (unpaired) electrons. The molecule has 1 aromatic rings. The molecule has 0 aliphatic carbocycles. The predicted octanol–water partition coefficient (Wildman–Crippen LogP) is 2.75. The summed E-state index contributed by atoms with van der Waals surface area (Å²) in [7, 11) is -3.90. The van der Waals surface area contributed by atoms with E-state index in [-0.39, 0.29) is 29.7 Å². The lowest BCUT2D eigenvalue weighted by molar-refractivity contribution is -0.0327. The Labute approximate surface area is 133 Å². The Morgan fingerprint density at radius 2 is 2.00 bits per heavy atom. The fraction of sp³-hybridized carbons (Fsp3) is 0.455. The van der Waals surface area contributed by atoms with Crippen molar-refractivity contribution in [3.63, 3.8) is 0 Å². The minimum Gasteiger partial charge on any atom is -0.326 e. The third-order valence-electron chi connectivity index (χ3n) is 2.47. The van der Waals surface area contributed by atoms with Gasteiger partial charge in [0.05, 0.1) is 4.90 Å². The Hall–Kier alpha value is -0.290. The van der Waals surface area contributed by atoms with Gasteiger partial charge in [-0.25, -0.2) is 13.1 Å². The molecule has 0 unspecified atom stereocenters. The fourth-order valence-corrected chi connectivity index (χ4v) is 4.21. The van der Waals surface area contributed by atoms with Crippen molar-refractivity contribution in [3.8, 4) is 0 Å². The first-order valence-corrected chi connectivity index (χ1v) is 9.02. The minimum atomic E-state index is -4.37. The lowest BCUT2D eigenvalue weighted by atomic mass is 10.1. The predicted molar refractivity (Wildman–Crippen MR) is 80.5 cm³/mol. The van der Waals surface area contributed by atoms with Gasteiger partial charge in [0.15, 0.2) is 0 Å². The van der Waals surface area contributed by atoms with Crippen LogP contribution in [-0.4, -0.2) is 26.2 Å². The summed E-state index contributed by atoms with van der Waals surface area (Å²) in [6.07, 6.45) is 0. The van der Waals surface area contributed by atoms with Gasteiger partial charge in [-0.2, -0.15) is 13.2 Å². The van der Waals surface area contributed by atoms with Gasteiger partial charge in [0, 0.05) is 23.3 Å². The average Bonchev–Trinajstić information content (AvgIpc) is 2.36. The Morgan fingerprint density at radius 3 is 2.52 bits per heavy atom. The van der Waals surface area contributed by atoms with Crippen LogP contribution in [-0.2, 0) is 16.6 Å². The van der Waals surface area contributed by atoms with Gasteiger partial charge < -0.3 is 5.73 Å². The molecule has 0 saturated heterocycles. The number of nitrogens with two attached hydrogens (primary N) is 1. The lowest BCUT2D eigenvalue weighted by Gasteiger charge is -2.12. The van der Waals surface area contributed by atoms with Gasteiger partial charge in [-0.05, 0) is 51.8 Å². The van der Waals surface area contributed by atoms with Crippen LogP contribution in [0.1, 0.15) is 11.1 Å². The molecule has 1 aromatic carbocycles. The van der Waals surface area contributed by atoms with E-state index in [0.717, 1.165) is 0 Å². The summed E-state index contributed by atoms with van der Waals surface area (Å²) in [5.74, 6) is -0.393. The number of aryl methyl sites for hydroxylation is 1. The molecule has 0 aromatic heterocycles. The van der Waals surface area contributed by atoms with E-state index in [2.05, 4.69) is 20.7 Å². The van der Waals surface area contributed by atoms with E-state index in [4.69, 9.17) is 5.73 Å². The summed E-state index contributed by atoms with van der Waals surface area (Å²) in [5.41, 5.74) is 2.43. The molecule has 0 spiro atoms. The zero-order valence-electron chi connectivity index (χ0n) is 11.0. The molecule has 0 atom stereocenters. The second kappa shape index (κ2) is 7.32. The highest BCUT2D eigenvalue weighted by Crippen LogP contribution is 2.30. The van der Waals surface area contributed by atoms with Crippen molar-refractivity contribution in [3.05, 3.63) is 27.7 Å². The summed E-state index contributed by atoms with van der Waals surface area (Å²) < 4.78 is 62.7. The highest BCUT2D eigenvalue weighted by atomic mass is 79.9. The van der Waals surface area contributed by atoms with Crippen molar-refractivity contribution in [2.24, 2.45) is 5.73 Å². The molecule has 0 saturated carbocycles. The zero-order chi connectivity index (χ0) is 16.3. The molecular formula is C11H14BrF3N2O2S2. The van der Waals surface area contributed by atoms with E-state index in [1.807, 2.05) is 0 Å². The molecule has 21 heavy (non-hydrogen) atoms. The number of alkyl halides is 3. The first-order valence-electron chi connectivity index (χ1n) is 5.76. The fourth-order valence-electron chi connectivity index (χ4n) is 1.54. The molecule has 1 rings (SSSR count). The number of rotatable bonds is 6. The van der Waals surface area contributed by atoms with Gasteiger partial charge in [-0.15, -0.1) is 0 Å². The van der Waals surface area contributed by atoms with E-state index >= 15 is 0 Å². The van der Waals surface area contributed by atoms with Gasteiger partial charge in [0.1, 0.15) is 0 Å². The Kier molecular flexibility index (Phi) is 6.54. The number of hydrogen-bond donors (Lipinski definition) is 2. The van der Waals surface area contributed by atoms with Crippen molar-refractivity contribution in [2.75, 3.05) is 12.3 Å². The number of nitrogens with one attached hydrogen (secondary N) is 1. The van der Waals surface area contributed by atoms with Crippen molar-refractivity contribution in [2.45, 2.75) is 23.9 Å². The van der Waals surface area contributed by atoms with Gasteiger partial charge in [0.25, 0.3) is 0 Å². The first-order chi connectivity index (χ1) is 9.57. The van der Waals surface area contributed by atoms with Gasteiger partial charge in [-0.3, -0.25) is 0 Å². The number of thioether (sulfide) groups is 1. The largest absolute Gasteiger partial charge is 0.441 e. The van der Waals surface area contributed by atoms with Crippen molar-refractivity contribution < 1.29 is 21.6 Å². The number of sulfonamides is 1. The first kappa shape index (κ1) is 18.8. The van der Waals surface area contributed by atoms with E-state index < -0.39 is 21.3 Å². The molecule has 0 aliphatic heterocycles. The summed E-state index contributed by atoms with van der Waals surface area (Å²) in [6, 6.07) is 3.14. The van der Waals surface area contributed by atoms with Crippen molar-refractivity contribution >= 4 is 37.7 Å². The normalized spacial score (nSPS) is 12.7. The third kappa shape index (κ3) is 5.78. The average molecular weight is 407 g/mol. The zero-order valence-corrected chi connectivity index (χ0v) is 14.2. The molecular weight excluding hydrogens is 393 g/mol. The standard InChI is InChI=1S/C11H14BrF3N2O2S2/c1-7-4-8(6-16)5-9(10(7)12)21(18,19)17-2-3-20-11(13,14)15/h4-5,17H,2-3,6,16H2,1H3. The van der Waals surface area contributed by atoms with Crippen LogP contribution >= 0.6 is 27.7 Å². The highest BCUT2D eigenvalue weighted by Gasteiger charge is 2.28. The van der Waals surface area contributed by atoms with E-state index in [1.165, 1.54) is 6.07 Å². The number of hydrogen-bond acceptors (Lipinski definition) is 4. The van der Waals surface area contributed by atoms with E-state index in [0.29, 0.717) is 15.6 Å². The third-order valence-corrected chi connectivity index (χ3v) is 6.00.